The van der Waals surface area contributed by atoms with E-state index >= 15 is 0 Å². The van der Waals surface area contributed by atoms with E-state index in [0.717, 1.165) is 22.5 Å². The number of carbonyl (C=O) groups excluding carboxylic acids is 1. The first-order valence-electron chi connectivity index (χ1n) is 8.23. The highest BCUT2D eigenvalue weighted by atomic mass is 16.3. The molecule has 0 aromatic carbocycles. The summed E-state index contributed by atoms with van der Waals surface area (Å²) in [7, 11) is 0. The van der Waals surface area contributed by atoms with E-state index in [2.05, 4.69) is 15.4 Å². The first-order chi connectivity index (χ1) is 12.8. The Balaban J connectivity index is 1.79. The molecule has 0 fully saturated rings. The minimum atomic E-state index is -0.282. The summed E-state index contributed by atoms with van der Waals surface area (Å²) in [5, 5.41) is 15.9. The molecular formula is C19H17N5O2. The lowest BCUT2D eigenvalue weighted by Gasteiger charge is -2.09. The Labute approximate surface area is 149 Å². The Bertz CT molecular complexity index is 1050. The molecule has 4 aromatic heterocycles. The van der Waals surface area contributed by atoms with Gasteiger partial charge in [-0.2, -0.15) is 5.10 Å². The highest BCUT2D eigenvalue weighted by Crippen LogP contribution is 2.22. The second kappa shape index (κ2) is 6.81. The number of hydrogen-bond donors (Lipinski definition) is 2. The van der Waals surface area contributed by atoms with Crippen molar-refractivity contribution >= 4 is 11.4 Å². The molecule has 2 N–H and O–H groups in total. The van der Waals surface area contributed by atoms with Crippen LogP contribution in [0.5, 0.6) is 0 Å². The molecule has 0 spiro atoms. The molecule has 7 nitrogen and oxygen atoms in total. The van der Waals surface area contributed by atoms with Gasteiger partial charge >= 0.3 is 0 Å². The lowest BCUT2D eigenvalue weighted by Crippen LogP contribution is -2.28. The van der Waals surface area contributed by atoms with Crippen molar-refractivity contribution in [2.24, 2.45) is 0 Å². The van der Waals surface area contributed by atoms with Crippen LogP contribution >= 0.6 is 0 Å². The summed E-state index contributed by atoms with van der Waals surface area (Å²) >= 11 is 0. The molecule has 0 bridgehead atoms. The third-order valence-electron chi connectivity index (χ3n) is 4.11. The molecule has 0 saturated heterocycles. The van der Waals surface area contributed by atoms with Gasteiger partial charge in [0.15, 0.2) is 0 Å². The Morgan fingerprint density at radius 3 is 2.77 bits per heavy atom. The number of pyridine rings is 2. The molecule has 0 unspecified atom stereocenters. The van der Waals surface area contributed by atoms with Gasteiger partial charge in [-0.1, -0.05) is 12.1 Å². The Morgan fingerprint density at radius 2 is 1.96 bits per heavy atom. The Hall–Kier alpha value is -3.45. The summed E-state index contributed by atoms with van der Waals surface area (Å²) < 4.78 is 3.57. The van der Waals surface area contributed by atoms with Crippen LogP contribution in [0.2, 0.25) is 0 Å². The highest BCUT2D eigenvalue weighted by molar-refractivity contribution is 5.93. The molecular weight excluding hydrogens is 330 g/mol. The molecule has 4 heterocycles. The summed E-state index contributed by atoms with van der Waals surface area (Å²) in [6.07, 6.45) is 7.13. The van der Waals surface area contributed by atoms with E-state index in [1.807, 2.05) is 53.2 Å². The monoisotopic (exact) mass is 347 g/mol. The van der Waals surface area contributed by atoms with Crippen molar-refractivity contribution in [2.75, 3.05) is 13.2 Å². The van der Waals surface area contributed by atoms with Gasteiger partial charge in [0.25, 0.3) is 5.91 Å². The van der Waals surface area contributed by atoms with Crippen LogP contribution in [0.1, 0.15) is 10.5 Å². The summed E-state index contributed by atoms with van der Waals surface area (Å²) in [6, 6.07) is 13.5. The van der Waals surface area contributed by atoms with Crippen LogP contribution < -0.4 is 5.32 Å². The summed E-state index contributed by atoms with van der Waals surface area (Å²) in [5.41, 5.74) is 3.42. The van der Waals surface area contributed by atoms with E-state index in [1.165, 1.54) is 0 Å². The number of nitrogens with one attached hydrogen (secondary N) is 1. The number of aliphatic hydroxyl groups excluding tert-OH is 1. The normalized spacial score (nSPS) is 11.0. The largest absolute Gasteiger partial charge is 0.395 e. The second-order valence-electron chi connectivity index (χ2n) is 5.75. The van der Waals surface area contributed by atoms with E-state index in [-0.39, 0.29) is 19.1 Å². The number of hydrogen-bond acceptors (Lipinski definition) is 4. The maximum Gasteiger partial charge on any atom is 0.270 e. The fourth-order valence-electron chi connectivity index (χ4n) is 2.88. The van der Waals surface area contributed by atoms with Gasteiger partial charge in [-0.05, 0) is 35.9 Å². The van der Waals surface area contributed by atoms with Gasteiger partial charge in [0, 0.05) is 36.2 Å². The number of rotatable bonds is 5. The highest BCUT2D eigenvalue weighted by Gasteiger charge is 2.15. The van der Waals surface area contributed by atoms with Gasteiger partial charge in [0.1, 0.15) is 11.5 Å². The quantitative estimate of drug-likeness (QED) is 0.578. The number of nitrogens with zero attached hydrogens (tertiary/aromatic N) is 4. The van der Waals surface area contributed by atoms with Crippen molar-refractivity contribution in [3.05, 3.63) is 72.9 Å². The zero-order valence-corrected chi connectivity index (χ0v) is 13.9. The third-order valence-corrected chi connectivity index (χ3v) is 4.11. The van der Waals surface area contributed by atoms with Crippen molar-refractivity contribution in [2.45, 2.75) is 0 Å². The maximum atomic E-state index is 12.3. The van der Waals surface area contributed by atoms with E-state index in [9.17, 15) is 4.79 Å². The van der Waals surface area contributed by atoms with Gasteiger partial charge in [-0.15, -0.1) is 0 Å². The molecule has 0 atom stereocenters. The number of amides is 1. The first kappa shape index (κ1) is 16.0. The fraction of sp³-hybridized carbons (Fsp3) is 0.105. The minimum Gasteiger partial charge on any atom is -0.395 e. The zero-order chi connectivity index (χ0) is 17.9. The minimum absolute atomic E-state index is 0.109. The van der Waals surface area contributed by atoms with Crippen LogP contribution in [0.25, 0.3) is 22.5 Å². The van der Waals surface area contributed by atoms with Crippen LogP contribution in [0.15, 0.2) is 67.3 Å². The molecule has 26 heavy (non-hydrogen) atoms. The van der Waals surface area contributed by atoms with Crippen LogP contribution in [-0.2, 0) is 0 Å². The standard InChI is InChI=1S/C19H17N5O2/c25-11-10-21-19(26)17-7-9-22-24(17)18-6-5-16-4-3-15(13-23(16)18)14-2-1-8-20-12-14/h1-9,12-13,25H,10-11H2,(H,21,26). The summed E-state index contributed by atoms with van der Waals surface area (Å²) in [5.74, 6) is 0.472. The van der Waals surface area contributed by atoms with Gasteiger partial charge < -0.3 is 14.8 Å². The van der Waals surface area contributed by atoms with Gasteiger partial charge in [-0.3, -0.25) is 9.78 Å². The van der Waals surface area contributed by atoms with Crippen molar-refractivity contribution in [1.82, 2.24) is 24.5 Å². The van der Waals surface area contributed by atoms with Crippen LogP contribution in [0, 0.1) is 0 Å². The molecule has 0 radical (unpaired) electrons. The number of aliphatic hydroxyl groups is 1. The predicted molar refractivity (Wildman–Crippen MR) is 97.2 cm³/mol. The molecule has 0 aliphatic heterocycles. The topological polar surface area (TPSA) is 84.5 Å². The predicted octanol–water partition coefficient (Wildman–Crippen LogP) is 1.91. The van der Waals surface area contributed by atoms with Crippen LogP contribution in [0.3, 0.4) is 0 Å². The zero-order valence-electron chi connectivity index (χ0n) is 13.9. The number of carbonyl (C=O) groups is 1. The first-order valence-corrected chi connectivity index (χ1v) is 8.23. The SMILES string of the molecule is O=C(NCCO)c1ccnn1-c1ccc2ccc(-c3cccnc3)cn12. The molecule has 0 aliphatic carbocycles. The van der Waals surface area contributed by atoms with Crippen molar-refractivity contribution in [3.63, 3.8) is 0 Å². The van der Waals surface area contributed by atoms with Gasteiger partial charge in [-0.25, -0.2) is 4.68 Å². The molecule has 4 rings (SSSR count). The fourth-order valence-corrected chi connectivity index (χ4v) is 2.88. The van der Waals surface area contributed by atoms with Gasteiger partial charge in [0.05, 0.1) is 12.8 Å². The average molecular weight is 347 g/mol. The van der Waals surface area contributed by atoms with Crippen molar-refractivity contribution in [1.29, 1.82) is 0 Å². The van der Waals surface area contributed by atoms with Crippen molar-refractivity contribution < 1.29 is 9.90 Å². The van der Waals surface area contributed by atoms with Crippen molar-refractivity contribution in [3.8, 4) is 16.9 Å². The van der Waals surface area contributed by atoms with E-state index in [0.29, 0.717) is 5.69 Å². The average Bonchev–Trinajstić information content (AvgIpc) is 3.32. The van der Waals surface area contributed by atoms with Crippen LogP contribution in [-0.4, -0.2) is 43.3 Å². The molecule has 0 saturated carbocycles. The molecule has 1 amide bonds. The Morgan fingerprint density at radius 1 is 1.08 bits per heavy atom. The van der Waals surface area contributed by atoms with Crippen LogP contribution in [0.4, 0.5) is 0 Å². The second-order valence-corrected chi connectivity index (χ2v) is 5.75. The number of fused-ring (bicyclic) bond motifs is 1. The number of aromatic nitrogens is 4. The Kier molecular flexibility index (Phi) is 4.20. The molecule has 7 heteroatoms. The molecule has 4 aromatic rings. The lowest BCUT2D eigenvalue weighted by atomic mass is 10.1. The lowest BCUT2D eigenvalue weighted by molar-refractivity contribution is 0.0937. The molecule has 130 valence electrons. The van der Waals surface area contributed by atoms with E-state index in [4.69, 9.17) is 5.11 Å². The smallest absolute Gasteiger partial charge is 0.270 e. The van der Waals surface area contributed by atoms with E-state index in [1.54, 1.807) is 23.1 Å². The summed E-state index contributed by atoms with van der Waals surface area (Å²) in [4.78, 5) is 16.5. The third kappa shape index (κ3) is 2.84. The van der Waals surface area contributed by atoms with Gasteiger partial charge in [0.2, 0.25) is 0 Å². The molecule has 0 aliphatic rings. The van der Waals surface area contributed by atoms with E-state index < -0.39 is 0 Å². The summed E-state index contributed by atoms with van der Waals surface area (Å²) in [6.45, 7) is 0.0898. The maximum absolute atomic E-state index is 12.3.